The second-order valence-corrected chi connectivity index (χ2v) is 6.73. The molecule has 0 saturated heterocycles. The van der Waals surface area contributed by atoms with Crippen molar-refractivity contribution >= 4 is 11.4 Å². The number of benzene rings is 2. The van der Waals surface area contributed by atoms with E-state index < -0.39 is 0 Å². The van der Waals surface area contributed by atoms with Crippen LogP contribution in [0.1, 0.15) is 46.5 Å². The molecule has 26 heavy (non-hydrogen) atoms. The predicted molar refractivity (Wildman–Crippen MR) is 107 cm³/mol. The SMILES string of the molecule is CC(C)=C(c1ccccc1)c1ccc(CC(=O)c2ccncc2C)cc1. The van der Waals surface area contributed by atoms with Gasteiger partial charge in [0, 0.05) is 24.4 Å². The van der Waals surface area contributed by atoms with Gasteiger partial charge in [0.05, 0.1) is 0 Å². The monoisotopic (exact) mass is 341 g/mol. The third-order valence-corrected chi connectivity index (χ3v) is 4.49. The van der Waals surface area contributed by atoms with Crippen LogP contribution in [-0.2, 0) is 6.42 Å². The summed E-state index contributed by atoms with van der Waals surface area (Å²) >= 11 is 0. The van der Waals surface area contributed by atoms with Crippen LogP contribution < -0.4 is 0 Å². The molecule has 3 rings (SSSR count). The van der Waals surface area contributed by atoms with Crippen molar-refractivity contribution < 1.29 is 4.79 Å². The Morgan fingerprint density at radius 3 is 2.15 bits per heavy atom. The van der Waals surface area contributed by atoms with Crippen LogP contribution in [0.5, 0.6) is 0 Å². The molecule has 0 spiro atoms. The van der Waals surface area contributed by atoms with E-state index in [1.807, 2.05) is 13.0 Å². The number of rotatable bonds is 5. The maximum Gasteiger partial charge on any atom is 0.167 e. The zero-order chi connectivity index (χ0) is 18.5. The summed E-state index contributed by atoms with van der Waals surface area (Å²) in [5.74, 6) is 0.128. The Bertz CT molecular complexity index is 933. The normalized spacial score (nSPS) is 10.4. The van der Waals surface area contributed by atoms with Gasteiger partial charge in [-0.2, -0.15) is 0 Å². The Morgan fingerprint density at radius 1 is 0.885 bits per heavy atom. The molecule has 1 heterocycles. The first-order chi connectivity index (χ1) is 12.6. The molecule has 0 aliphatic carbocycles. The minimum absolute atomic E-state index is 0.128. The van der Waals surface area contributed by atoms with E-state index in [2.05, 4.69) is 67.4 Å². The van der Waals surface area contributed by atoms with Crippen LogP contribution in [0.4, 0.5) is 0 Å². The Morgan fingerprint density at radius 2 is 1.54 bits per heavy atom. The lowest BCUT2D eigenvalue weighted by atomic mass is 9.92. The molecule has 0 radical (unpaired) electrons. The highest BCUT2D eigenvalue weighted by Gasteiger charge is 2.11. The van der Waals surface area contributed by atoms with Crippen molar-refractivity contribution in [2.24, 2.45) is 0 Å². The van der Waals surface area contributed by atoms with E-state index in [9.17, 15) is 4.79 Å². The van der Waals surface area contributed by atoms with Crippen LogP contribution >= 0.6 is 0 Å². The molecule has 130 valence electrons. The Balaban J connectivity index is 1.83. The molecule has 2 heteroatoms. The highest BCUT2D eigenvalue weighted by molar-refractivity contribution is 5.98. The fourth-order valence-electron chi connectivity index (χ4n) is 3.20. The maximum atomic E-state index is 12.5. The molecule has 0 aliphatic heterocycles. The molecule has 3 aromatic rings. The lowest BCUT2D eigenvalue weighted by molar-refractivity contribution is 0.0992. The number of nitrogens with zero attached hydrogens (tertiary/aromatic N) is 1. The number of ketones is 1. The van der Waals surface area contributed by atoms with E-state index in [1.165, 1.54) is 22.3 Å². The van der Waals surface area contributed by atoms with Gasteiger partial charge < -0.3 is 0 Å². The van der Waals surface area contributed by atoms with Crippen molar-refractivity contribution in [2.75, 3.05) is 0 Å². The molecule has 2 aromatic carbocycles. The lowest BCUT2D eigenvalue weighted by Crippen LogP contribution is -2.06. The second-order valence-electron chi connectivity index (χ2n) is 6.73. The lowest BCUT2D eigenvalue weighted by Gasteiger charge is -2.12. The summed E-state index contributed by atoms with van der Waals surface area (Å²) in [6, 6.07) is 20.5. The van der Waals surface area contributed by atoms with Crippen molar-refractivity contribution in [2.45, 2.75) is 27.2 Å². The van der Waals surface area contributed by atoms with Gasteiger partial charge in [0.2, 0.25) is 0 Å². The first-order valence-corrected chi connectivity index (χ1v) is 8.82. The number of pyridine rings is 1. The van der Waals surface area contributed by atoms with E-state index in [1.54, 1.807) is 18.5 Å². The number of carbonyl (C=O) groups is 1. The van der Waals surface area contributed by atoms with Gasteiger partial charge in [0.25, 0.3) is 0 Å². The zero-order valence-corrected chi connectivity index (χ0v) is 15.5. The maximum absolute atomic E-state index is 12.5. The molecule has 0 saturated carbocycles. The summed E-state index contributed by atoms with van der Waals surface area (Å²) in [6.07, 6.45) is 3.81. The molecule has 0 atom stereocenters. The number of aryl methyl sites for hydroxylation is 1. The Kier molecular flexibility index (Phi) is 5.43. The fourth-order valence-corrected chi connectivity index (χ4v) is 3.20. The van der Waals surface area contributed by atoms with Crippen molar-refractivity contribution in [1.29, 1.82) is 0 Å². The predicted octanol–water partition coefficient (Wildman–Crippen LogP) is 5.66. The topological polar surface area (TPSA) is 30.0 Å². The quantitative estimate of drug-likeness (QED) is 0.561. The number of Topliss-reactive ketones (excluding diaryl/α,β-unsaturated/α-hetero) is 1. The zero-order valence-electron chi connectivity index (χ0n) is 15.5. The smallest absolute Gasteiger partial charge is 0.167 e. The molecule has 0 amide bonds. The van der Waals surface area contributed by atoms with Crippen molar-refractivity contribution in [3.05, 3.63) is 106 Å². The molecular weight excluding hydrogens is 318 g/mol. The third-order valence-electron chi connectivity index (χ3n) is 4.49. The highest BCUT2D eigenvalue weighted by atomic mass is 16.1. The summed E-state index contributed by atoms with van der Waals surface area (Å²) in [4.78, 5) is 16.6. The highest BCUT2D eigenvalue weighted by Crippen LogP contribution is 2.27. The summed E-state index contributed by atoms with van der Waals surface area (Å²) < 4.78 is 0. The Hall–Kier alpha value is -3.00. The molecule has 0 unspecified atom stereocenters. The first kappa shape index (κ1) is 17.8. The minimum Gasteiger partial charge on any atom is -0.294 e. The molecule has 0 N–H and O–H groups in total. The van der Waals surface area contributed by atoms with Crippen molar-refractivity contribution in [3.63, 3.8) is 0 Å². The summed E-state index contributed by atoms with van der Waals surface area (Å²) in [6.45, 7) is 6.18. The Labute approximate surface area is 155 Å². The van der Waals surface area contributed by atoms with Crippen LogP contribution in [0.3, 0.4) is 0 Å². The van der Waals surface area contributed by atoms with Gasteiger partial charge >= 0.3 is 0 Å². The van der Waals surface area contributed by atoms with Gasteiger partial charge in [-0.05, 0) is 54.7 Å². The number of allylic oxidation sites excluding steroid dienone is 1. The molecule has 2 nitrogen and oxygen atoms in total. The first-order valence-electron chi connectivity index (χ1n) is 8.82. The summed E-state index contributed by atoms with van der Waals surface area (Å²) in [7, 11) is 0. The summed E-state index contributed by atoms with van der Waals surface area (Å²) in [5.41, 5.74) is 7.59. The standard InChI is InChI=1S/C24H23NO/c1-17(2)24(20-7-5-4-6-8-20)21-11-9-19(10-12-21)15-23(26)22-13-14-25-16-18(22)3/h4-14,16H,15H2,1-3H3. The molecule has 1 aromatic heterocycles. The van der Waals surface area contributed by atoms with E-state index in [0.717, 1.165) is 16.7 Å². The van der Waals surface area contributed by atoms with Gasteiger partial charge in [-0.25, -0.2) is 0 Å². The molecule has 0 aliphatic rings. The fraction of sp³-hybridized carbons (Fsp3) is 0.167. The number of hydrogen-bond donors (Lipinski definition) is 0. The van der Waals surface area contributed by atoms with Crippen LogP contribution in [0.15, 0.2) is 78.6 Å². The molecular formula is C24H23NO. The van der Waals surface area contributed by atoms with E-state index in [0.29, 0.717) is 6.42 Å². The van der Waals surface area contributed by atoms with Crippen LogP contribution in [0, 0.1) is 6.92 Å². The average molecular weight is 341 g/mol. The minimum atomic E-state index is 0.128. The van der Waals surface area contributed by atoms with Crippen LogP contribution in [-0.4, -0.2) is 10.8 Å². The van der Waals surface area contributed by atoms with Crippen LogP contribution in [0.2, 0.25) is 0 Å². The van der Waals surface area contributed by atoms with E-state index in [4.69, 9.17) is 0 Å². The van der Waals surface area contributed by atoms with Gasteiger partial charge in [0.15, 0.2) is 5.78 Å². The molecule has 0 bridgehead atoms. The van der Waals surface area contributed by atoms with E-state index in [-0.39, 0.29) is 5.78 Å². The van der Waals surface area contributed by atoms with Gasteiger partial charge in [-0.15, -0.1) is 0 Å². The van der Waals surface area contributed by atoms with Crippen LogP contribution in [0.25, 0.3) is 5.57 Å². The summed E-state index contributed by atoms with van der Waals surface area (Å²) in [5, 5.41) is 0. The number of aromatic nitrogens is 1. The average Bonchev–Trinajstić information content (AvgIpc) is 2.64. The number of hydrogen-bond acceptors (Lipinski definition) is 2. The molecule has 0 fully saturated rings. The largest absolute Gasteiger partial charge is 0.294 e. The number of carbonyl (C=O) groups excluding carboxylic acids is 1. The van der Waals surface area contributed by atoms with Gasteiger partial charge in [-0.3, -0.25) is 9.78 Å². The van der Waals surface area contributed by atoms with Crippen molar-refractivity contribution in [3.8, 4) is 0 Å². The third kappa shape index (κ3) is 3.97. The van der Waals surface area contributed by atoms with Gasteiger partial charge in [-0.1, -0.05) is 60.2 Å². The van der Waals surface area contributed by atoms with E-state index >= 15 is 0 Å². The van der Waals surface area contributed by atoms with Gasteiger partial charge in [0.1, 0.15) is 0 Å². The van der Waals surface area contributed by atoms with Crippen molar-refractivity contribution in [1.82, 2.24) is 4.98 Å². The second kappa shape index (κ2) is 7.92.